The molecule has 0 aromatic rings. The lowest BCUT2D eigenvalue weighted by molar-refractivity contribution is 0.990. The zero-order chi connectivity index (χ0) is 7.98. The minimum absolute atomic E-state index is 1.04. The SMILES string of the molecule is C=C(C)C(=C)CC/C=C\C. The predicted octanol–water partition coefficient (Wildman–Crippen LogP) is 3.48. The van der Waals surface area contributed by atoms with Crippen LogP contribution in [0.5, 0.6) is 0 Å². The van der Waals surface area contributed by atoms with Crippen LogP contribution in [0.25, 0.3) is 0 Å². The van der Waals surface area contributed by atoms with E-state index in [2.05, 4.69) is 25.3 Å². The molecule has 0 aromatic heterocycles. The van der Waals surface area contributed by atoms with Crippen LogP contribution in [0.4, 0.5) is 0 Å². The summed E-state index contributed by atoms with van der Waals surface area (Å²) >= 11 is 0. The van der Waals surface area contributed by atoms with Gasteiger partial charge in [0, 0.05) is 0 Å². The molecule has 0 rings (SSSR count). The van der Waals surface area contributed by atoms with Crippen molar-refractivity contribution < 1.29 is 0 Å². The summed E-state index contributed by atoms with van der Waals surface area (Å²) in [6, 6.07) is 0. The van der Waals surface area contributed by atoms with Crippen molar-refractivity contribution in [1.29, 1.82) is 0 Å². The van der Waals surface area contributed by atoms with Gasteiger partial charge in [-0.1, -0.05) is 36.5 Å². The number of rotatable bonds is 4. The molecule has 56 valence electrons. The first kappa shape index (κ1) is 9.22. The van der Waals surface area contributed by atoms with Crippen LogP contribution in [0, 0.1) is 0 Å². The Morgan fingerprint density at radius 2 is 2.00 bits per heavy atom. The average molecular weight is 136 g/mol. The second kappa shape index (κ2) is 5.04. The van der Waals surface area contributed by atoms with E-state index >= 15 is 0 Å². The van der Waals surface area contributed by atoms with E-state index in [1.165, 1.54) is 0 Å². The fourth-order valence-electron chi connectivity index (χ4n) is 0.638. The van der Waals surface area contributed by atoms with E-state index in [0.717, 1.165) is 24.0 Å². The minimum atomic E-state index is 1.04. The van der Waals surface area contributed by atoms with Crippen molar-refractivity contribution >= 4 is 0 Å². The van der Waals surface area contributed by atoms with Gasteiger partial charge >= 0.3 is 0 Å². The second-order valence-electron chi connectivity index (χ2n) is 2.49. The highest BCUT2D eigenvalue weighted by Crippen LogP contribution is 2.10. The Morgan fingerprint density at radius 1 is 1.40 bits per heavy atom. The molecule has 0 nitrogen and oxygen atoms in total. The van der Waals surface area contributed by atoms with E-state index in [4.69, 9.17) is 0 Å². The van der Waals surface area contributed by atoms with Gasteiger partial charge in [-0.3, -0.25) is 0 Å². The monoisotopic (exact) mass is 136 g/mol. The van der Waals surface area contributed by atoms with E-state index < -0.39 is 0 Å². The molecule has 0 N–H and O–H groups in total. The molecule has 0 aliphatic rings. The highest BCUT2D eigenvalue weighted by atomic mass is 14.0. The maximum atomic E-state index is 3.89. The highest BCUT2D eigenvalue weighted by molar-refractivity contribution is 5.22. The summed E-state index contributed by atoms with van der Waals surface area (Å²) in [5.74, 6) is 0. The molecule has 0 spiro atoms. The predicted molar refractivity (Wildman–Crippen MR) is 48.0 cm³/mol. The molecule has 0 unspecified atom stereocenters. The van der Waals surface area contributed by atoms with Gasteiger partial charge in [-0.25, -0.2) is 0 Å². The normalized spacial score (nSPS) is 10.2. The van der Waals surface area contributed by atoms with Crippen LogP contribution in [-0.4, -0.2) is 0 Å². The van der Waals surface area contributed by atoms with Gasteiger partial charge in [-0.15, -0.1) is 0 Å². The van der Waals surface area contributed by atoms with Crippen LogP contribution < -0.4 is 0 Å². The van der Waals surface area contributed by atoms with Crippen LogP contribution in [0.1, 0.15) is 26.7 Å². The Hall–Kier alpha value is -0.780. The number of hydrogen-bond donors (Lipinski definition) is 0. The van der Waals surface area contributed by atoms with E-state index in [1.807, 2.05) is 13.8 Å². The first-order valence-electron chi connectivity index (χ1n) is 3.63. The maximum Gasteiger partial charge on any atom is -0.0248 e. The Morgan fingerprint density at radius 3 is 2.40 bits per heavy atom. The fourth-order valence-corrected chi connectivity index (χ4v) is 0.638. The molecule has 0 radical (unpaired) electrons. The second-order valence-corrected chi connectivity index (χ2v) is 2.49. The van der Waals surface area contributed by atoms with Gasteiger partial charge in [0.15, 0.2) is 0 Å². The van der Waals surface area contributed by atoms with Crippen LogP contribution in [0.15, 0.2) is 36.5 Å². The van der Waals surface area contributed by atoms with Crippen molar-refractivity contribution in [1.82, 2.24) is 0 Å². The molecule has 0 bridgehead atoms. The van der Waals surface area contributed by atoms with Gasteiger partial charge in [-0.2, -0.15) is 0 Å². The highest BCUT2D eigenvalue weighted by Gasteiger charge is 1.90. The average Bonchev–Trinajstić information content (AvgIpc) is 1.88. The molecule has 0 saturated heterocycles. The smallest absolute Gasteiger partial charge is 0.0248 e. The van der Waals surface area contributed by atoms with E-state index in [0.29, 0.717) is 0 Å². The molecule has 0 amide bonds. The lowest BCUT2D eigenvalue weighted by Crippen LogP contribution is -1.80. The number of allylic oxidation sites excluding steroid dienone is 4. The maximum absolute atomic E-state index is 3.89. The lowest BCUT2D eigenvalue weighted by atomic mass is 10.1. The number of hydrogen-bond acceptors (Lipinski definition) is 0. The van der Waals surface area contributed by atoms with Crippen molar-refractivity contribution in [2.75, 3.05) is 0 Å². The van der Waals surface area contributed by atoms with Gasteiger partial charge in [0.25, 0.3) is 0 Å². The Bertz CT molecular complexity index is 149. The molecular weight excluding hydrogens is 120 g/mol. The summed E-state index contributed by atoms with van der Waals surface area (Å²) in [5, 5.41) is 0. The molecule has 0 saturated carbocycles. The topological polar surface area (TPSA) is 0 Å². The summed E-state index contributed by atoms with van der Waals surface area (Å²) in [6.45, 7) is 11.7. The van der Waals surface area contributed by atoms with Crippen LogP contribution in [-0.2, 0) is 0 Å². The summed E-state index contributed by atoms with van der Waals surface area (Å²) in [6.07, 6.45) is 6.34. The van der Waals surface area contributed by atoms with Gasteiger partial charge in [0.1, 0.15) is 0 Å². The lowest BCUT2D eigenvalue weighted by Gasteiger charge is -2.00. The standard InChI is InChI=1S/C10H16/c1-5-6-7-8-10(4)9(2)3/h5-6H,2,4,7-8H2,1,3H3/b6-5-. The summed E-state index contributed by atoms with van der Waals surface area (Å²) < 4.78 is 0. The van der Waals surface area contributed by atoms with Crippen molar-refractivity contribution in [2.45, 2.75) is 26.7 Å². The summed E-state index contributed by atoms with van der Waals surface area (Å²) in [5.41, 5.74) is 2.27. The Balaban J connectivity index is 3.50. The van der Waals surface area contributed by atoms with Gasteiger partial charge in [0.05, 0.1) is 0 Å². The van der Waals surface area contributed by atoms with E-state index in [1.54, 1.807) is 0 Å². The van der Waals surface area contributed by atoms with Crippen LogP contribution >= 0.6 is 0 Å². The quantitative estimate of drug-likeness (QED) is 0.410. The zero-order valence-electron chi connectivity index (χ0n) is 6.98. The summed E-state index contributed by atoms with van der Waals surface area (Å²) in [7, 11) is 0. The molecule has 0 aliphatic heterocycles. The van der Waals surface area contributed by atoms with Crippen LogP contribution in [0.3, 0.4) is 0 Å². The Kier molecular flexibility index (Phi) is 4.65. The summed E-state index contributed by atoms with van der Waals surface area (Å²) in [4.78, 5) is 0. The molecule has 0 aliphatic carbocycles. The van der Waals surface area contributed by atoms with Gasteiger partial charge in [0.2, 0.25) is 0 Å². The molecule has 0 aromatic carbocycles. The molecule has 0 atom stereocenters. The molecule has 0 heterocycles. The molecule has 10 heavy (non-hydrogen) atoms. The van der Waals surface area contributed by atoms with E-state index in [9.17, 15) is 0 Å². The van der Waals surface area contributed by atoms with Gasteiger partial charge in [-0.05, 0) is 26.7 Å². The van der Waals surface area contributed by atoms with Crippen molar-refractivity contribution in [3.8, 4) is 0 Å². The minimum Gasteiger partial charge on any atom is -0.0959 e. The third kappa shape index (κ3) is 4.13. The first-order chi connectivity index (χ1) is 4.68. The van der Waals surface area contributed by atoms with Crippen LogP contribution in [0.2, 0.25) is 0 Å². The van der Waals surface area contributed by atoms with E-state index in [-0.39, 0.29) is 0 Å². The third-order valence-corrected chi connectivity index (χ3v) is 1.45. The Labute approximate surface area is 64.0 Å². The fraction of sp³-hybridized carbons (Fsp3) is 0.400. The third-order valence-electron chi connectivity index (χ3n) is 1.45. The van der Waals surface area contributed by atoms with Crippen molar-refractivity contribution in [3.63, 3.8) is 0 Å². The van der Waals surface area contributed by atoms with Crippen molar-refractivity contribution in [2.24, 2.45) is 0 Å². The zero-order valence-corrected chi connectivity index (χ0v) is 6.98. The largest absolute Gasteiger partial charge is 0.0959 e. The first-order valence-corrected chi connectivity index (χ1v) is 3.63. The molecule has 0 heteroatoms. The molecular formula is C10H16. The van der Waals surface area contributed by atoms with Crippen molar-refractivity contribution in [3.05, 3.63) is 36.5 Å². The van der Waals surface area contributed by atoms with Gasteiger partial charge < -0.3 is 0 Å². The molecule has 0 fully saturated rings.